The maximum atomic E-state index is 12.9. The maximum absolute atomic E-state index is 12.9. The van der Waals surface area contributed by atoms with Crippen molar-refractivity contribution in [2.24, 2.45) is 0 Å². The van der Waals surface area contributed by atoms with Crippen LogP contribution in [0.15, 0.2) is 18.2 Å². The van der Waals surface area contributed by atoms with Crippen molar-refractivity contribution < 1.29 is 9.18 Å². The number of carbonyl (C=O) groups is 1. The van der Waals surface area contributed by atoms with Crippen molar-refractivity contribution in [2.75, 3.05) is 12.3 Å². The third-order valence-electron chi connectivity index (χ3n) is 2.86. The highest BCUT2D eigenvalue weighted by Crippen LogP contribution is 2.17. The number of anilines is 1. The Labute approximate surface area is 94.0 Å². The van der Waals surface area contributed by atoms with Crippen LogP contribution in [0.25, 0.3) is 0 Å². The van der Waals surface area contributed by atoms with Gasteiger partial charge in [0.2, 0.25) is 5.91 Å². The highest BCUT2D eigenvalue weighted by atomic mass is 19.1. The first-order valence-electron chi connectivity index (χ1n) is 5.48. The Balaban J connectivity index is 2.08. The minimum Gasteiger partial charge on any atom is -0.396 e. The zero-order valence-corrected chi connectivity index (χ0v) is 9.08. The van der Waals surface area contributed by atoms with Gasteiger partial charge in [0.1, 0.15) is 5.82 Å². The minimum absolute atomic E-state index is 0.141. The van der Waals surface area contributed by atoms with Crippen LogP contribution in [0.2, 0.25) is 0 Å². The van der Waals surface area contributed by atoms with E-state index in [0.29, 0.717) is 13.0 Å². The molecule has 86 valence electrons. The summed E-state index contributed by atoms with van der Waals surface area (Å²) in [4.78, 5) is 13.4. The number of halogens is 1. The van der Waals surface area contributed by atoms with E-state index in [2.05, 4.69) is 0 Å². The van der Waals surface area contributed by atoms with Gasteiger partial charge in [-0.05, 0) is 30.5 Å². The molecule has 1 saturated heterocycles. The van der Waals surface area contributed by atoms with E-state index >= 15 is 0 Å². The second-order valence-corrected chi connectivity index (χ2v) is 4.13. The summed E-state index contributed by atoms with van der Waals surface area (Å²) in [6.07, 6.45) is 2.64. The first kappa shape index (κ1) is 10.9. The molecule has 0 radical (unpaired) electrons. The monoisotopic (exact) mass is 222 g/mol. The van der Waals surface area contributed by atoms with Crippen molar-refractivity contribution in [3.63, 3.8) is 0 Å². The molecule has 2 N–H and O–H groups in total. The topological polar surface area (TPSA) is 46.3 Å². The van der Waals surface area contributed by atoms with Gasteiger partial charge in [0.25, 0.3) is 0 Å². The number of piperidine rings is 1. The van der Waals surface area contributed by atoms with Gasteiger partial charge in [-0.2, -0.15) is 0 Å². The predicted octanol–water partition coefficient (Wildman–Crippen LogP) is 1.92. The molecule has 1 aliphatic heterocycles. The van der Waals surface area contributed by atoms with Crippen LogP contribution in [0.4, 0.5) is 10.1 Å². The van der Waals surface area contributed by atoms with Gasteiger partial charge in [-0.1, -0.05) is 6.07 Å². The Kier molecular flexibility index (Phi) is 3.08. The lowest BCUT2D eigenvalue weighted by molar-refractivity contribution is -0.133. The summed E-state index contributed by atoms with van der Waals surface area (Å²) in [5, 5.41) is 0. The van der Waals surface area contributed by atoms with E-state index in [1.54, 1.807) is 17.0 Å². The zero-order chi connectivity index (χ0) is 11.5. The lowest BCUT2D eigenvalue weighted by atomic mass is 10.1. The van der Waals surface area contributed by atoms with E-state index in [-0.39, 0.29) is 11.6 Å². The Morgan fingerprint density at radius 3 is 2.88 bits per heavy atom. The molecule has 0 unspecified atom stereocenters. The van der Waals surface area contributed by atoms with Gasteiger partial charge >= 0.3 is 0 Å². The van der Waals surface area contributed by atoms with E-state index in [4.69, 9.17) is 5.73 Å². The van der Waals surface area contributed by atoms with Crippen LogP contribution in [0, 0.1) is 5.82 Å². The summed E-state index contributed by atoms with van der Waals surface area (Å²) >= 11 is 0. The van der Waals surface area contributed by atoms with Crippen LogP contribution in [0.1, 0.15) is 24.8 Å². The molecule has 1 heterocycles. The third kappa shape index (κ3) is 2.32. The molecule has 1 aliphatic rings. The van der Waals surface area contributed by atoms with E-state index in [1.807, 2.05) is 0 Å². The van der Waals surface area contributed by atoms with Gasteiger partial charge in [0.05, 0.1) is 5.69 Å². The molecule has 1 fully saturated rings. The fraction of sp³-hybridized carbons (Fsp3) is 0.417. The molecule has 0 atom stereocenters. The predicted molar refractivity (Wildman–Crippen MR) is 60.1 cm³/mol. The molecule has 16 heavy (non-hydrogen) atoms. The highest BCUT2D eigenvalue weighted by Gasteiger charge is 2.18. The fourth-order valence-electron chi connectivity index (χ4n) is 1.94. The zero-order valence-electron chi connectivity index (χ0n) is 9.08. The average molecular weight is 222 g/mol. The van der Waals surface area contributed by atoms with E-state index in [0.717, 1.165) is 24.9 Å². The Morgan fingerprint density at radius 1 is 1.38 bits per heavy atom. The number of rotatable bonds is 2. The lowest BCUT2D eigenvalue weighted by Gasteiger charge is -2.26. The number of nitrogens with zero attached hydrogens (tertiary/aromatic N) is 1. The second kappa shape index (κ2) is 4.51. The third-order valence-corrected chi connectivity index (χ3v) is 2.86. The van der Waals surface area contributed by atoms with Crippen LogP contribution in [-0.2, 0) is 11.3 Å². The van der Waals surface area contributed by atoms with Gasteiger partial charge in [-0.3, -0.25) is 4.79 Å². The van der Waals surface area contributed by atoms with Crippen LogP contribution in [-0.4, -0.2) is 17.4 Å². The fourth-order valence-corrected chi connectivity index (χ4v) is 1.94. The van der Waals surface area contributed by atoms with Crippen LogP contribution in [0.5, 0.6) is 0 Å². The number of amides is 1. The highest BCUT2D eigenvalue weighted by molar-refractivity contribution is 5.76. The number of benzene rings is 1. The maximum Gasteiger partial charge on any atom is 0.222 e. The molecular weight excluding hydrogens is 207 g/mol. The average Bonchev–Trinajstić information content (AvgIpc) is 2.27. The van der Waals surface area contributed by atoms with E-state index < -0.39 is 5.82 Å². The SMILES string of the molecule is Nc1cc(CN2CCCCC2=O)ccc1F. The van der Waals surface area contributed by atoms with Gasteiger partial charge < -0.3 is 10.6 Å². The van der Waals surface area contributed by atoms with E-state index in [9.17, 15) is 9.18 Å². The number of hydrogen-bond donors (Lipinski definition) is 1. The number of nitrogen functional groups attached to an aromatic ring is 1. The summed E-state index contributed by atoms with van der Waals surface area (Å²) < 4.78 is 12.9. The second-order valence-electron chi connectivity index (χ2n) is 4.13. The molecular formula is C12H15FN2O. The molecule has 1 amide bonds. The Morgan fingerprint density at radius 2 is 2.19 bits per heavy atom. The van der Waals surface area contributed by atoms with Gasteiger partial charge in [-0.25, -0.2) is 4.39 Å². The van der Waals surface area contributed by atoms with Crippen molar-refractivity contribution in [3.05, 3.63) is 29.6 Å². The number of nitrogens with two attached hydrogens (primary N) is 1. The van der Waals surface area contributed by atoms with Crippen LogP contribution >= 0.6 is 0 Å². The van der Waals surface area contributed by atoms with Gasteiger partial charge in [0.15, 0.2) is 0 Å². The molecule has 0 spiro atoms. The van der Waals surface area contributed by atoms with Crippen molar-refractivity contribution >= 4 is 11.6 Å². The van der Waals surface area contributed by atoms with Gasteiger partial charge in [0, 0.05) is 19.5 Å². The quantitative estimate of drug-likeness (QED) is 0.777. The summed E-state index contributed by atoms with van der Waals surface area (Å²) in [5.74, 6) is -0.233. The van der Waals surface area contributed by atoms with Crippen LogP contribution in [0.3, 0.4) is 0 Å². The first-order valence-corrected chi connectivity index (χ1v) is 5.48. The minimum atomic E-state index is -0.409. The molecule has 1 aromatic carbocycles. The molecule has 4 heteroatoms. The van der Waals surface area contributed by atoms with Crippen molar-refractivity contribution in [1.82, 2.24) is 4.90 Å². The summed E-state index contributed by atoms with van der Waals surface area (Å²) in [7, 11) is 0. The molecule has 0 aromatic heterocycles. The lowest BCUT2D eigenvalue weighted by Crippen LogP contribution is -2.34. The summed E-state index contributed by atoms with van der Waals surface area (Å²) in [6, 6.07) is 4.61. The van der Waals surface area contributed by atoms with Gasteiger partial charge in [-0.15, -0.1) is 0 Å². The Bertz CT molecular complexity index is 406. The standard InChI is InChI=1S/C12H15FN2O/c13-10-5-4-9(7-11(10)14)8-15-6-2-1-3-12(15)16/h4-5,7H,1-3,6,8,14H2. The summed E-state index contributed by atoms with van der Waals surface area (Å²) in [6.45, 7) is 1.32. The molecule has 0 bridgehead atoms. The van der Waals surface area contributed by atoms with Crippen LogP contribution < -0.4 is 5.73 Å². The summed E-state index contributed by atoms with van der Waals surface area (Å²) in [5.41, 5.74) is 6.51. The number of carbonyl (C=O) groups excluding carboxylic acids is 1. The molecule has 0 saturated carbocycles. The van der Waals surface area contributed by atoms with Crippen molar-refractivity contribution in [2.45, 2.75) is 25.8 Å². The van der Waals surface area contributed by atoms with Crippen molar-refractivity contribution in [3.8, 4) is 0 Å². The molecule has 3 nitrogen and oxygen atoms in total. The molecule has 0 aliphatic carbocycles. The Hall–Kier alpha value is -1.58. The van der Waals surface area contributed by atoms with E-state index in [1.165, 1.54) is 6.07 Å². The largest absolute Gasteiger partial charge is 0.396 e. The smallest absolute Gasteiger partial charge is 0.222 e. The number of likely N-dealkylation sites (tertiary alicyclic amines) is 1. The van der Waals surface area contributed by atoms with Crippen molar-refractivity contribution in [1.29, 1.82) is 0 Å². The molecule has 2 rings (SSSR count). The molecule has 1 aromatic rings. The first-order chi connectivity index (χ1) is 7.66. The normalized spacial score (nSPS) is 16.6. The number of hydrogen-bond acceptors (Lipinski definition) is 2.